The molecule has 2 aromatic rings. The topological polar surface area (TPSA) is 92.3 Å². The monoisotopic (exact) mass is 328 g/mol. The molecule has 6 heteroatoms. The zero-order valence-electron chi connectivity index (χ0n) is 13.7. The molecule has 3 atom stereocenters. The van der Waals surface area contributed by atoms with E-state index in [1.54, 1.807) is 6.92 Å². The Labute approximate surface area is 139 Å². The summed E-state index contributed by atoms with van der Waals surface area (Å²) in [6.07, 6.45) is 0.814. The van der Waals surface area contributed by atoms with Crippen molar-refractivity contribution in [3.8, 4) is 5.75 Å². The molecule has 1 saturated carbocycles. The molecule has 1 aliphatic carbocycles. The van der Waals surface area contributed by atoms with Gasteiger partial charge in [-0.1, -0.05) is 37.3 Å². The summed E-state index contributed by atoms with van der Waals surface area (Å²) in [6.45, 7) is 3.71. The van der Waals surface area contributed by atoms with Crippen LogP contribution >= 0.6 is 0 Å². The maximum atomic E-state index is 11.6. The van der Waals surface area contributed by atoms with Gasteiger partial charge < -0.3 is 9.84 Å². The second-order valence-corrected chi connectivity index (χ2v) is 6.20. The van der Waals surface area contributed by atoms with Crippen molar-refractivity contribution in [3.05, 3.63) is 58.0 Å². The molecule has 0 spiro atoms. The zero-order chi connectivity index (χ0) is 17.3. The molecule has 1 aliphatic rings. The van der Waals surface area contributed by atoms with Crippen LogP contribution in [-0.4, -0.2) is 27.4 Å². The quantitative estimate of drug-likeness (QED) is 0.848. The van der Waals surface area contributed by atoms with Gasteiger partial charge >= 0.3 is 5.97 Å². The first kappa shape index (κ1) is 16.2. The highest BCUT2D eigenvalue weighted by Crippen LogP contribution is 2.58. The SMILES string of the molecule is CCC(Oc1cc(=O)[nH]nc1C)[C@@]1(c2ccccc2)C[C@H]1C(=O)O. The fourth-order valence-corrected chi connectivity index (χ4v) is 3.47. The number of aromatic amines is 1. The molecule has 0 aliphatic heterocycles. The van der Waals surface area contributed by atoms with Crippen molar-refractivity contribution >= 4 is 5.97 Å². The number of nitrogens with zero attached hydrogens (tertiary/aromatic N) is 1. The zero-order valence-corrected chi connectivity index (χ0v) is 13.7. The molecule has 0 amide bonds. The van der Waals surface area contributed by atoms with Crippen molar-refractivity contribution in [2.75, 3.05) is 0 Å². The van der Waals surface area contributed by atoms with Crippen molar-refractivity contribution in [2.24, 2.45) is 5.92 Å². The van der Waals surface area contributed by atoms with Crippen molar-refractivity contribution < 1.29 is 14.6 Å². The van der Waals surface area contributed by atoms with Crippen LogP contribution in [0.15, 0.2) is 41.2 Å². The average Bonchev–Trinajstić information content (AvgIpc) is 3.33. The summed E-state index contributed by atoms with van der Waals surface area (Å²) in [7, 11) is 0. The lowest BCUT2D eigenvalue weighted by molar-refractivity contribution is -0.139. The van der Waals surface area contributed by atoms with Gasteiger partial charge in [0.15, 0.2) is 0 Å². The van der Waals surface area contributed by atoms with E-state index in [1.807, 2.05) is 37.3 Å². The van der Waals surface area contributed by atoms with Gasteiger partial charge in [-0.3, -0.25) is 9.59 Å². The smallest absolute Gasteiger partial charge is 0.307 e. The third-order valence-corrected chi connectivity index (χ3v) is 4.78. The first-order chi connectivity index (χ1) is 11.5. The largest absolute Gasteiger partial charge is 0.487 e. The van der Waals surface area contributed by atoms with Crippen molar-refractivity contribution in [3.63, 3.8) is 0 Å². The maximum Gasteiger partial charge on any atom is 0.307 e. The number of rotatable bonds is 6. The molecule has 1 aromatic heterocycles. The third-order valence-electron chi connectivity index (χ3n) is 4.78. The maximum absolute atomic E-state index is 11.6. The van der Waals surface area contributed by atoms with E-state index in [-0.39, 0.29) is 11.7 Å². The second kappa shape index (κ2) is 6.11. The fraction of sp³-hybridized carbons (Fsp3) is 0.389. The molecule has 24 heavy (non-hydrogen) atoms. The number of benzene rings is 1. The Kier molecular flexibility index (Phi) is 4.13. The Morgan fingerprint density at radius 2 is 2.17 bits per heavy atom. The van der Waals surface area contributed by atoms with Crippen molar-refractivity contribution in [1.29, 1.82) is 0 Å². The Morgan fingerprint density at radius 3 is 2.75 bits per heavy atom. The summed E-state index contributed by atoms with van der Waals surface area (Å²) >= 11 is 0. The molecule has 1 heterocycles. The van der Waals surface area contributed by atoms with Gasteiger partial charge in [0.05, 0.1) is 11.6 Å². The highest BCUT2D eigenvalue weighted by Gasteiger charge is 2.64. The summed E-state index contributed by atoms with van der Waals surface area (Å²) in [6, 6.07) is 11.0. The number of aromatic nitrogens is 2. The predicted octanol–water partition coefficient (Wildman–Crippen LogP) is 2.28. The van der Waals surface area contributed by atoms with Gasteiger partial charge in [-0.05, 0) is 25.3 Å². The molecule has 126 valence electrons. The number of aryl methyl sites for hydroxylation is 1. The number of carboxylic acids is 1. The number of nitrogens with one attached hydrogen (secondary N) is 1. The number of carbonyl (C=O) groups is 1. The summed E-state index contributed by atoms with van der Waals surface area (Å²) < 4.78 is 6.09. The van der Waals surface area contributed by atoms with Crippen LogP contribution in [0.2, 0.25) is 0 Å². The minimum Gasteiger partial charge on any atom is -0.487 e. The van der Waals surface area contributed by atoms with Crippen LogP contribution in [0, 0.1) is 12.8 Å². The van der Waals surface area contributed by atoms with Crippen LogP contribution in [0.1, 0.15) is 31.0 Å². The summed E-state index contributed by atoms with van der Waals surface area (Å²) in [5.41, 5.74) is 0.616. The standard InChI is InChI=1S/C18H20N2O4/c1-3-15(24-14-9-16(21)20-19-11(14)2)18(10-13(18)17(22)23)12-7-5-4-6-8-12/h4-9,13,15H,3,10H2,1-2H3,(H,20,21)(H,22,23)/t13-,15?,18+/m0/s1. The highest BCUT2D eigenvalue weighted by atomic mass is 16.5. The van der Waals surface area contributed by atoms with Crippen LogP contribution in [-0.2, 0) is 10.2 Å². The van der Waals surface area contributed by atoms with Gasteiger partial charge in [-0.2, -0.15) is 5.10 Å². The Hall–Kier alpha value is -2.63. The Morgan fingerprint density at radius 1 is 1.46 bits per heavy atom. The molecule has 3 rings (SSSR count). The second-order valence-electron chi connectivity index (χ2n) is 6.20. The van der Waals surface area contributed by atoms with Gasteiger partial charge in [0.1, 0.15) is 11.9 Å². The van der Waals surface area contributed by atoms with Crippen LogP contribution in [0.4, 0.5) is 0 Å². The minimum atomic E-state index is -0.818. The van der Waals surface area contributed by atoms with Gasteiger partial charge in [0.25, 0.3) is 5.56 Å². The lowest BCUT2D eigenvalue weighted by Crippen LogP contribution is -2.35. The van der Waals surface area contributed by atoms with E-state index in [0.717, 1.165) is 5.56 Å². The van der Waals surface area contributed by atoms with Gasteiger partial charge in [-0.15, -0.1) is 0 Å². The third kappa shape index (κ3) is 2.68. The van der Waals surface area contributed by atoms with E-state index in [9.17, 15) is 14.7 Å². The van der Waals surface area contributed by atoms with E-state index < -0.39 is 17.3 Å². The molecular formula is C18H20N2O4. The number of hydrogen-bond donors (Lipinski definition) is 2. The number of aliphatic carboxylic acids is 1. The van der Waals surface area contributed by atoms with Crippen LogP contribution in [0.3, 0.4) is 0 Å². The normalized spacial score (nSPS) is 23.5. The first-order valence-corrected chi connectivity index (χ1v) is 8.00. The molecule has 1 unspecified atom stereocenters. The lowest BCUT2D eigenvalue weighted by Gasteiger charge is -2.28. The summed E-state index contributed by atoms with van der Waals surface area (Å²) in [5.74, 6) is -0.904. The molecule has 6 nitrogen and oxygen atoms in total. The average molecular weight is 328 g/mol. The summed E-state index contributed by atoms with van der Waals surface area (Å²) in [4.78, 5) is 23.1. The van der Waals surface area contributed by atoms with Gasteiger partial charge in [0.2, 0.25) is 0 Å². The molecular weight excluding hydrogens is 308 g/mol. The number of hydrogen-bond acceptors (Lipinski definition) is 4. The van der Waals surface area contributed by atoms with Crippen LogP contribution in [0.25, 0.3) is 0 Å². The molecule has 0 bridgehead atoms. The van der Waals surface area contributed by atoms with E-state index in [4.69, 9.17) is 4.74 Å². The molecule has 1 fully saturated rings. The minimum absolute atomic E-state index is 0.343. The molecule has 2 N–H and O–H groups in total. The van der Waals surface area contributed by atoms with E-state index >= 15 is 0 Å². The highest BCUT2D eigenvalue weighted by molar-refractivity contribution is 5.77. The first-order valence-electron chi connectivity index (χ1n) is 8.00. The molecule has 1 aromatic carbocycles. The summed E-state index contributed by atoms with van der Waals surface area (Å²) in [5, 5.41) is 15.8. The molecule has 0 saturated heterocycles. The Bertz CT molecular complexity index is 802. The number of H-pyrrole nitrogens is 1. The van der Waals surface area contributed by atoms with E-state index in [1.165, 1.54) is 6.07 Å². The van der Waals surface area contributed by atoms with E-state index in [2.05, 4.69) is 10.2 Å². The fourth-order valence-electron chi connectivity index (χ4n) is 3.47. The van der Waals surface area contributed by atoms with Crippen LogP contribution in [0.5, 0.6) is 5.75 Å². The predicted molar refractivity (Wildman–Crippen MR) is 88.2 cm³/mol. The van der Waals surface area contributed by atoms with Crippen molar-refractivity contribution in [2.45, 2.75) is 38.2 Å². The van der Waals surface area contributed by atoms with Crippen LogP contribution < -0.4 is 10.3 Å². The van der Waals surface area contributed by atoms with Crippen molar-refractivity contribution in [1.82, 2.24) is 10.2 Å². The van der Waals surface area contributed by atoms with Gasteiger partial charge in [-0.25, -0.2) is 5.10 Å². The van der Waals surface area contributed by atoms with Gasteiger partial charge in [0, 0.05) is 11.5 Å². The lowest BCUT2D eigenvalue weighted by atomic mass is 9.86. The van der Waals surface area contributed by atoms with E-state index in [0.29, 0.717) is 24.3 Å². The number of ether oxygens (including phenoxy) is 1. The number of carboxylic acid groups (broad SMARTS) is 1. The Balaban J connectivity index is 1.99. The molecule has 0 radical (unpaired) electrons.